The number of nitrogens with zero attached hydrogens (tertiary/aromatic N) is 6. The lowest BCUT2D eigenvalue weighted by atomic mass is 10.3. The van der Waals surface area contributed by atoms with Crippen LogP contribution in [-0.2, 0) is 6.18 Å². The molecule has 1 unspecified atom stereocenters. The lowest BCUT2D eigenvalue weighted by Crippen LogP contribution is -2.26. The number of hydrogen-bond acceptors (Lipinski definition) is 6. The summed E-state index contributed by atoms with van der Waals surface area (Å²) >= 11 is 0. The summed E-state index contributed by atoms with van der Waals surface area (Å²) in [7, 11) is 0. The van der Waals surface area contributed by atoms with E-state index in [1.54, 1.807) is 24.4 Å². The Morgan fingerprint density at radius 2 is 2.00 bits per heavy atom. The first kappa shape index (κ1) is 15.6. The summed E-state index contributed by atoms with van der Waals surface area (Å²) in [4.78, 5) is 5.98. The van der Waals surface area contributed by atoms with Crippen LogP contribution in [0.4, 0.5) is 19.0 Å². The number of pyridine rings is 1. The average molecular weight is 350 g/mol. The van der Waals surface area contributed by atoms with Crippen LogP contribution in [0.25, 0.3) is 5.65 Å². The van der Waals surface area contributed by atoms with E-state index in [0.717, 1.165) is 10.9 Å². The Labute approximate surface area is 140 Å². The summed E-state index contributed by atoms with van der Waals surface area (Å²) in [5.74, 6) is -0.189. The standard InChI is InChI=1S/C15H13F3N6O/c16-15(17,18)14-21-20-11-4-5-12(22-24(11)14)23-8-6-10(9-23)25-13-3-1-2-7-19-13/h1-5,7,10H,6,8-9H2. The van der Waals surface area contributed by atoms with Crippen LogP contribution in [0, 0.1) is 0 Å². The van der Waals surface area contributed by atoms with Gasteiger partial charge in [0, 0.05) is 25.2 Å². The molecule has 7 nitrogen and oxygen atoms in total. The molecule has 4 heterocycles. The molecule has 0 radical (unpaired) electrons. The van der Waals surface area contributed by atoms with Crippen molar-refractivity contribution in [1.29, 1.82) is 0 Å². The summed E-state index contributed by atoms with van der Waals surface area (Å²) in [5, 5.41) is 10.7. The van der Waals surface area contributed by atoms with E-state index in [1.807, 2.05) is 11.0 Å². The normalized spacial score (nSPS) is 18.0. The molecule has 1 aliphatic heterocycles. The second kappa shape index (κ2) is 5.87. The van der Waals surface area contributed by atoms with Crippen molar-refractivity contribution in [3.8, 4) is 5.88 Å². The molecule has 0 amide bonds. The molecule has 0 spiro atoms. The lowest BCUT2D eigenvalue weighted by molar-refractivity contribution is -0.146. The molecule has 0 aliphatic carbocycles. The minimum Gasteiger partial charge on any atom is -0.472 e. The van der Waals surface area contributed by atoms with E-state index in [9.17, 15) is 13.2 Å². The van der Waals surface area contributed by atoms with Gasteiger partial charge in [0.1, 0.15) is 11.9 Å². The Balaban J connectivity index is 1.54. The van der Waals surface area contributed by atoms with Crippen molar-refractivity contribution < 1.29 is 17.9 Å². The van der Waals surface area contributed by atoms with Crippen LogP contribution in [0.15, 0.2) is 36.5 Å². The monoisotopic (exact) mass is 350 g/mol. The van der Waals surface area contributed by atoms with Crippen LogP contribution in [0.1, 0.15) is 12.2 Å². The van der Waals surface area contributed by atoms with Crippen molar-refractivity contribution in [1.82, 2.24) is 24.8 Å². The van der Waals surface area contributed by atoms with Crippen molar-refractivity contribution in [2.75, 3.05) is 18.0 Å². The first-order chi connectivity index (χ1) is 12.0. The summed E-state index contributed by atoms with van der Waals surface area (Å²) in [6.45, 7) is 1.14. The molecule has 0 aromatic carbocycles. The van der Waals surface area contributed by atoms with Gasteiger partial charge in [-0.3, -0.25) is 0 Å². The van der Waals surface area contributed by atoms with E-state index in [4.69, 9.17) is 4.74 Å². The van der Waals surface area contributed by atoms with Crippen LogP contribution in [0.3, 0.4) is 0 Å². The van der Waals surface area contributed by atoms with Crippen LogP contribution in [0.2, 0.25) is 0 Å². The Bertz CT molecular complexity index is 882. The van der Waals surface area contributed by atoms with Crippen LogP contribution < -0.4 is 9.64 Å². The van der Waals surface area contributed by atoms with Gasteiger partial charge in [-0.05, 0) is 18.2 Å². The van der Waals surface area contributed by atoms with Gasteiger partial charge < -0.3 is 9.64 Å². The second-order valence-corrected chi connectivity index (χ2v) is 5.63. The highest BCUT2D eigenvalue weighted by molar-refractivity contribution is 5.46. The van der Waals surface area contributed by atoms with Gasteiger partial charge in [-0.25, -0.2) is 4.98 Å². The Morgan fingerprint density at radius 1 is 1.12 bits per heavy atom. The molecular weight excluding hydrogens is 337 g/mol. The molecule has 25 heavy (non-hydrogen) atoms. The number of aromatic nitrogens is 5. The zero-order valence-electron chi connectivity index (χ0n) is 12.9. The van der Waals surface area contributed by atoms with E-state index in [-0.39, 0.29) is 11.8 Å². The molecule has 1 fully saturated rings. The fourth-order valence-electron chi connectivity index (χ4n) is 2.74. The number of ether oxygens (including phenoxy) is 1. The van der Waals surface area contributed by atoms with E-state index >= 15 is 0 Å². The summed E-state index contributed by atoms with van der Waals surface area (Å²) in [6, 6.07) is 8.49. The van der Waals surface area contributed by atoms with Crippen molar-refractivity contribution in [2.45, 2.75) is 18.7 Å². The van der Waals surface area contributed by atoms with Gasteiger partial charge in [0.25, 0.3) is 5.82 Å². The van der Waals surface area contributed by atoms with Gasteiger partial charge in [0.05, 0.1) is 6.54 Å². The van der Waals surface area contributed by atoms with E-state index in [1.165, 1.54) is 6.07 Å². The summed E-state index contributed by atoms with van der Waals surface area (Å²) < 4.78 is 45.4. The topological polar surface area (TPSA) is 68.4 Å². The van der Waals surface area contributed by atoms with Gasteiger partial charge in [-0.1, -0.05) is 6.07 Å². The number of rotatable bonds is 3. The lowest BCUT2D eigenvalue weighted by Gasteiger charge is -2.17. The highest BCUT2D eigenvalue weighted by Gasteiger charge is 2.38. The maximum Gasteiger partial charge on any atom is 0.453 e. The second-order valence-electron chi connectivity index (χ2n) is 5.63. The summed E-state index contributed by atoms with van der Waals surface area (Å²) in [5.41, 5.74) is 0.0524. The van der Waals surface area contributed by atoms with Gasteiger partial charge in [-0.2, -0.15) is 17.7 Å². The Kier molecular flexibility index (Phi) is 3.66. The highest BCUT2D eigenvalue weighted by atomic mass is 19.4. The molecule has 4 rings (SSSR count). The number of halogens is 3. The molecule has 0 N–H and O–H groups in total. The van der Waals surface area contributed by atoms with Gasteiger partial charge in [-0.15, -0.1) is 15.3 Å². The number of anilines is 1. The van der Waals surface area contributed by atoms with Crippen molar-refractivity contribution in [2.24, 2.45) is 0 Å². The number of hydrogen-bond donors (Lipinski definition) is 0. The van der Waals surface area contributed by atoms with E-state index < -0.39 is 12.0 Å². The molecule has 0 saturated carbocycles. The van der Waals surface area contributed by atoms with Crippen LogP contribution in [0.5, 0.6) is 5.88 Å². The van der Waals surface area contributed by atoms with Crippen molar-refractivity contribution in [3.05, 3.63) is 42.4 Å². The Morgan fingerprint density at radius 3 is 2.76 bits per heavy atom. The quantitative estimate of drug-likeness (QED) is 0.721. The minimum atomic E-state index is -4.61. The fraction of sp³-hybridized carbons (Fsp3) is 0.333. The predicted octanol–water partition coefficient (Wildman–Crippen LogP) is 2.20. The Hall–Kier alpha value is -2.91. The van der Waals surface area contributed by atoms with Crippen LogP contribution >= 0.6 is 0 Å². The van der Waals surface area contributed by atoms with Crippen molar-refractivity contribution in [3.63, 3.8) is 0 Å². The number of alkyl halides is 3. The minimum absolute atomic E-state index is 0.0524. The molecule has 0 bridgehead atoms. The third kappa shape index (κ3) is 3.06. The number of fused-ring (bicyclic) bond motifs is 1. The van der Waals surface area contributed by atoms with E-state index in [0.29, 0.717) is 24.8 Å². The first-order valence-electron chi connectivity index (χ1n) is 7.63. The largest absolute Gasteiger partial charge is 0.472 e. The molecule has 130 valence electrons. The average Bonchev–Trinajstić information content (AvgIpc) is 3.21. The zero-order chi connectivity index (χ0) is 17.4. The predicted molar refractivity (Wildman–Crippen MR) is 81.3 cm³/mol. The zero-order valence-corrected chi connectivity index (χ0v) is 12.9. The van der Waals surface area contributed by atoms with Gasteiger partial charge in [0.15, 0.2) is 5.65 Å². The SMILES string of the molecule is FC(F)(F)c1nnc2ccc(N3CCC(Oc4ccccn4)C3)nn12. The molecule has 1 aliphatic rings. The van der Waals surface area contributed by atoms with E-state index in [2.05, 4.69) is 20.3 Å². The van der Waals surface area contributed by atoms with Crippen molar-refractivity contribution >= 4 is 11.5 Å². The molecule has 1 saturated heterocycles. The fourth-order valence-corrected chi connectivity index (χ4v) is 2.74. The molecule has 3 aromatic heterocycles. The van der Waals surface area contributed by atoms with Gasteiger partial charge >= 0.3 is 6.18 Å². The molecule has 10 heteroatoms. The highest BCUT2D eigenvalue weighted by Crippen LogP contribution is 2.28. The van der Waals surface area contributed by atoms with Gasteiger partial charge in [0.2, 0.25) is 5.88 Å². The summed E-state index contributed by atoms with van der Waals surface area (Å²) in [6.07, 6.45) is -2.34. The van der Waals surface area contributed by atoms with Crippen LogP contribution in [-0.4, -0.2) is 44.0 Å². The smallest absolute Gasteiger partial charge is 0.453 e. The molecule has 1 atom stereocenters. The molecule has 3 aromatic rings. The maximum absolute atomic E-state index is 13.0. The third-order valence-corrected chi connectivity index (χ3v) is 3.90. The molecular formula is C15H13F3N6O. The third-order valence-electron chi connectivity index (χ3n) is 3.90. The first-order valence-corrected chi connectivity index (χ1v) is 7.63. The maximum atomic E-state index is 13.0.